The van der Waals surface area contributed by atoms with Crippen LogP contribution in [0.15, 0.2) is 0 Å². The molecule has 0 saturated heterocycles. The minimum absolute atomic E-state index is 0.00766. The maximum atomic E-state index is 10.1. The van der Waals surface area contributed by atoms with Crippen LogP contribution < -0.4 is 0 Å². The molecule has 3 nitrogen and oxygen atoms in total. The van der Waals surface area contributed by atoms with Crippen LogP contribution in [-0.2, 0) is 9.09 Å². The standard InChI is InChI=1S/C6H13O3P/c1-4-6(2,3)5-9-10(7)8/h4-5H2,1-3H3/p+1. The van der Waals surface area contributed by atoms with Gasteiger partial charge in [0, 0.05) is 4.57 Å². The average Bonchev–Trinajstić information content (AvgIpc) is 1.85. The largest absolute Gasteiger partial charge is 0.694 e. The zero-order chi connectivity index (χ0) is 8.20. The van der Waals surface area contributed by atoms with E-state index in [-0.39, 0.29) is 5.41 Å². The van der Waals surface area contributed by atoms with Crippen molar-refractivity contribution >= 4 is 8.25 Å². The zero-order valence-electron chi connectivity index (χ0n) is 6.63. The predicted octanol–water partition coefficient (Wildman–Crippen LogP) is 2.09. The van der Waals surface area contributed by atoms with Crippen LogP contribution in [-0.4, -0.2) is 11.5 Å². The van der Waals surface area contributed by atoms with Gasteiger partial charge in [0.15, 0.2) is 0 Å². The molecule has 1 N–H and O–H groups in total. The van der Waals surface area contributed by atoms with Crippen molar-refractivity contribution in [2.45, 2.75) is 27.2 Å². The first-order valence-corrected chi connectivity index (χ1v) is 4.40. The third-order valence-electron chi connectivity index (χ3n) is 1.52. The molecule has 4 heteroatoms. The molecule has 0 aromatic carbocycles. The van der Waals surface area contributed by atoms with Crippen molar-refractivity contribution in [1.29, 1.82) is 0 Å². The van der Waals surface area contributed by atoms with Gasteiger partial charge in [-0.2, -0.15) is 0 Å². The highest BCUT2D eigenvalue weighted by Crippen LogP contribution is 2.25. The van der Waals surface area contributed by atoms with E-state index in [1.165, 1.54) is 0 Å². The molecule has 0 aromatic rings. The van der Waals surface area contributed by atoms with Crippen LogP contribution in [0.1, 0.15) is 27.2 Å². The summed E-state index contributed by atoms with van der Waals surface area (Å²) in [5.41, 5.74) is 0.00766. The van der Waals surface area contributed by atoms with Gasteiger partial charge in [-0.1, -0.05) is 20.8 Å². The number of rotatable bonds is 4. The lowest BCUT2D eigenvalue weighted by Crippen LogP contribution is -2.15. The van der Waals surface area contributed by atoms with Crippen LogP contribution in [0.2, 0.25) is 0 Å². The molecule has 0 aromatic heterocycles. The quantitative estimate of drug-likeness (QED) is 0.649. The highest BCUT2D eigenvalue weighted by Gasteiger charge is 2.22. The van der Waals surface area contributed by atoms with Crippen LogP contribution in [0.5, 0.6) is 0 Å². The second-order valence-corrected chi connectivity index (χ2v) is 3.76. The maximum absolute atomic E-state index is 10.1. The summed E-state index contributed by atoms with van der Waals surface area (Å²) in [4.78, 5) is 8.30. The summed E-state index contributed by atoms with van der Waals surface area (Å²) in [7, 11) is -2.42. The Labute approximate surface area is 62.3 Å². The van der Waals surface area contributed by atoms with Crippen LogP contribution in [0, 0.1) is 5.41 Å². The number of hydrogen-bond donors (Lipinski definition) is 1. The van der Waals surface area contributed by atoms with Gasteiger partial charge in [-0.05, 0) is 11.8 Å². The van der Waals surface area contributed by atoms with Crippen molar-refractivity contribution in [3.8, 4) is 0 Å². The van der Waals surface area contributed by atoms with E-state index in [9.17, 15) is 4.57 Å². The molecule has 0 radical (unpaired) electrons. The second kappa shape index (κ2) is 4.02. The fourth-order valence-corrected chi connectivity index (χ4v) is 0.792. The molecule has 10 heavy (non-hydrogen) atoms. The average molecular weight is 165 g/mol. The lowest BCUT2D eigenvalue weighted by atomic mass is 9.92. The molecule has 0 fully saturated rings. The summed E-state index contributed by atoms with van der Waals surface area (Å²) in [5.74, 6) is 0. The van der Waals surface area contributed by atoms with Gasteiger partial charge in [0.2, 0.25) is 0 Å². The first-order chi connectivity index (χ1) is 4.48. The Morgan fingerprint density at radius 2 is 2.10 bits per heavy atom. The minimum Gasteiger partial charge on any atom is -0.133 e. The SMILES string of the molecule is CCC(C)(C)CO[P+](=O)O. The molecule has 0 aliphatic heterocycles. The smallest absolute Gasteiger partial charge is 0.133 e. The van der Waals surface area contributed by atoms with E-state index in [0.717, 1.165) is 6.42 Å². The molecule has 0 saturated carbocycles. The summed E-state index contributed by atoms with van der Waals surface area (Å²) < 4.78 is 14.7. The second-order valence-electron chi connectivity index (χ2n) is 3.03. The molecule has 0 aliphatic carbocycles. The Hall–Kier alpha value is 0.0200. The summed E-state index contributed by atoms with van der Waals surface area (Å²) in [6.07, 6.45) is 0.941. The normalized spacial score (nSPS) is 13.4. The van der Waals surface area contributed by atoms with Gasteiger partial charge in [0.05, 0.1) is 0 Å². The Balaban J connectivity index is 3.56. The van der Waals surface area contributed by atoms with E-state index in [1.54, 1.807) is 0 Å². The lowest BCUT2D eigenvalue weighted by molar-refractivity contribution is 0.167. The van der Waals surface area contributed by atoms with Gasteiger partial charge in [-0.3, -0.25) is 0 Å². The van der Waals surface area contributed by atoms with E-state index < -0.39 is 8.25 Å². The van der Waals surface area contributed by atoms with Crippen LogP contribution >= 0.6 is 8.25 Å². The minimum atomic E-state index is -2.42. The molecule has 0 bridgehead atoms. The van der Waals surface area contributed by atoms with E-state index in [4.69, 9.17) is 4.89 Å². The third kappa shape index (κ3) is 4.86. The van der Waals surface area contributed by atoms with Crippen LogP contribution in [0.3, 0.4) is 0 Å². The summed E-state index contributed by atoms with van der Waals surface area (Å²) in [6, 6.07) is 0. The topological polar surface area (TPSA) is 46.5 Å². The first-order valence-electron chi connectivity index (χ1n) is 3.27. The van der Waals surface area contributed by atoms with Crippen molar-refractivity contribution < 1.29 is 14.0 Å². The molecule has 0 heterocycles. The van der Waals surface area contributed by atoms with E-state index in [2.05, 4.69) is 4.52 Å². The molecule has 0 rings (SSSR count). The van der Waals surface area contributed by atoms with Crippen molar-refractivity contribution in [2.75, 3.05) is 6.61 Å². The van der Waals surface area contributed by atoms with E-state index >= 15 is 0 Å². The van der Waals surface area contributed by atoms with E-state index in [0.29, 0.717) is 6.61 Å². The van der Waals surface area contributed by atoms with Crippen LogP contribution in [0.4, 0.5) is 0 Å². The maximum Gasteiger partial charge on any atom is 0.694 e. The molecule has 1 atom stereocenters. The van der Waals surface area contributed by atoms with Crippen molar-refractivity contribution in [3.63, 3.8) is 0 Å². The fourth-order valence-electron chi connectivity index (χ4n) is 0.332. The van der Waals surface area contributed by atoms with Crippen molar-refractivity contribution in [1.82, 2.24) is 0 Å². The van der Waals surface area contributed by atoms with Crippen molar-refractivity contribution in [3.05, 3.63) is 0 Å². The zero-order valence-corrected chi connectivity index (χ0v) is 7.52. The lowest BCUT2D eigenvalue weighted by Gasteiger charge is -2.17. The first kappa shape index (κ1) is 10.0. The fraction of sp³-hybridized carbons (Fsp3) is 1.00. The Morgan fingerprint density at radius 1 is 1.60 bits per heavy atom. The molecular formula is C6H14O3P+. The van der Waals surface area contributed by atoms with Gasteiger partial charge in [-0.15, -0.1) is 9.42 Å². The van der Waals surface area contributed by atoms with Gasteiger partial charge in [-0.25, -0.2) is 0 Å². The molecule has 0 amide bonds. The molecule has 0 aliphatic rings. The van der Waals surface area contributed by atoms with Gasteiger partial charge >= 0.3 is 8.25 Å². The highest BCUT2D eigenvalue weighted by molar-refractivity contribution is 7.32. The van der Waals surface area contributed by atoms with Crippen LogP contribution in [0.25, 0.3) is 0 Å². The third-order valence-corrected chi connectivity index (χ3v) is 1.87. The highest BCUT2D eigenvalue weighted by atomic mass is 31.1. The molecule has 0 spiro atoms. The van der Waals surface area contributed by atoms with E-state index in [1.807, 2.05) is 20.8 Å². The molecular weight excluding hydrogens is 151 g/mol. The van der Waals surface area contributed by atoms with Gasteiger partial charge in [0.1, 0.15) is 6.61 Å². The number of hydrogen-bond acceptors (Lipinski definition) is 2. The summed E-state index contributed by atoms with van der Waals surface area (Å²) >= 11 is 0. The Morgan fingerprint density at radius 3 is 2.40 bits per heavy atom. The monoisotopic (exact) mass is 165 g/mol. The predicted molar refractivity (Wildman–Crippen MR) is 39.8 cm³/mol. The Bertz CT molecular complexity index is 122. The molecule has 60 valence electrons. The Kier molecular flexibility index (Phi) is 4.02. The van der Waals surface area contributed by atoms with Crippen molar-refractivity contribution in [2.24, 2.45) is 5.41 Å². The molecule has 1 unspecified atom stereocenters. The van der Waals surface area contributed by atoms with Gasteiger partial charge < -0.3 is 0 Å². The summed E-state index contributed by atoms with van der Waals surface area (Å²) in [5, 5.41) is 0. The van der Waals surface area contributed by atoms with Gasteiger partial charge in [0.25, 0.3) is 0 Å². The summed E-state index contributed by atoms with van der Waals surface area (Å²) in [6.45, 7) is 6.35.